The fraction of sp³-hybridized carbons (Fsp3) is 0. The largest absolute Gasteiger partial charge is 0.310 e. The molecule has 0 saturated heterocycles. The Labute approximate surface area is 671 Å². The van der Waals surface area contributed by atoms with Gasteiger partial charge in [0.05, 0.1) is 44.4 Å². The first kappa shape index (κ1) is 57.9. The summed E-state index contributed by atoms with van der Waals surface area (Å²) in [7, 11) is 0. The van der Waals surface area contributed by atoms with Crippen LogP contribution >= 0.6 is 0 Å². The van der Waals surface area contributed by atoms with Crippen molar-refractivity contribution in [3.63, 3.8) is 0 Å². The maximum absolute atomic E-state index is 9.84. The van der Waals surface area contributed by atoms with Gasteiger partial charge < -0.3 is 18.9 Å². The molecule has 21 aromatic carbocycles. The molecule has 0 aliphatic rings. The lowest BCUT2D eigenvalue weighted by Gasteiger charge is -2.28. The van der Waals surface area contributed by atoms with E-state index in [1.807, 2.05) is 174 Å². The van der Waals surface area contributed by atoms with Gasteiger partial charge in [-0.1, -0.05) is 309 Å². The molecule has 0 spiro atoms. The van der Waals surface area contributed by atoms with Crippen LogP contribution in [0, 0.1) is 0 Å². The number of anilines is 6. The summed E-state index contributed by atoms with van der Waals surface area (Å²) in [5, 5.41) is 20.7. The molecule has 114 heavy (non-hydrogen) atoms. The number of aromatic nitrogens is 2. The average molecular weight is 1460 g/mol. The van der Waals surface area contributed by atoms with Gasteiger partial charge in [0.1, 0.15) is 0 Å². The number of nitrogens with zero attached hydrogens (tertiary/aromatic N) is 4. The van der Waals surface area contributed by atoms with Crippen molar-refractivity contribution in [2.24, 2.45) is 0 Å². The van der Waals surface area contributed by atoms with Crippen molar-refractivity contribution in [3.05, 3.63) is 437 Å². The standard InChI is InChI=1S/C58H38N2.C52H34N2/c1-2-16-44(17-3-1)60-56-25-13-12-24-53(56)55-36-41(30-35-57(55)60)39-26-31-45(32-27-39)59(58-38-43-15-5-7-19-48(43)50-21-10-11-23-52(50)58)46-33-28-40(29-34-46)54-37-42-14-4-6-18-47(42)49-20-8-9-22-51(49)54;1-3-15-41-36(13-1)33-49(45-19-6-5-17-43(41)45)35-25-27-38(28-26-35)53(52-34-37-14-2-4-16-42(37)44-18-7-8-20-46(44)52)39-29-31-40(32-30-39)54-50-23-11-9-21-47(50)48-22-10-12-24-51(48)54/h1-38H;1-34H/i28D,29D,33D,34D;25D,26D,27D,28D. The van der Waals surface area contributed by atoms with E-state index in [-0.39, 0.29) is 70.8 Å². The van der Waals surface area contributed by atoms with E-state index >= 15 is 0 Å². The summed E-state index contributed by atoms with van der Waals surface area (Å²) in [6.07, 6.45) is 0. The minimum Gasteiger partial charge on any atom is -0.310 e. The molecule has 532 valence electrons. The third-order valence-electron chi connectivity index (χ3n) is 22.8. The van der Waals surface area contributed by atoms with Gasteiger partial charge in [0, 0.05) is 66.4 Å². The minimum absolute atomic E-state index is 0.0894. The lowest BCUT2D eigenvalue weighted by molar-refractivity contribution is 1.17. The summed E-state index contributed by atoms with van der Waals surface area (Å²) in [6, 6.07) is 132. The zero-order chi connectivity index (χ0) is 82.1. The van der Waals surface area contributed by atoms with Crippen LogP contribution in [0.25, 0.3) is 175 Å². The molecule has 0 N–H and O–H groups in total. The second-order valence-electron chi connectivity index (χ2n) is 29.2. The van der Waals surface area contributed by atoms with E-state index in [0.717, 1.165) is 159 Å². The van der Waals surface area contributed by atoms with Crippen LogP contribution in [0.15, 0.2) is 437 Å². The van der Waals surface area contributed by atoms with Crippen LogP contribution in [0.5, 0.6) is 0 Å². The Hall–Kier alpha value is -15.1. The highest BCUT2D eigenvalue weighted by molar-refractivity contribution is 6.19. The Morgan fingerprint density at radius 3 is 0.877 bits per heavy atom. The van der Waals surface area contributed by atoms with Crippen molar-refractivity contribution in [3.8, 4) is 44.8 Å². The monoisotopic (exact) mass is 1460 g/mol. The molecule has 4 nitrogen and oxygen atoms in total. The van der Waals surface area contributed by atoms with Gasteiger partial charge in [0.15, 0.2) is 0 Å². The molecule has 0 saturated carbocycles. The second-order valence-corrected chi connectivity index (χ2v) is 29.2. The summed E-state index contributed by atoms with van der Waals surface area (Å²) >= 11 is 0. The van der Waals surface area contributed by atoms with Gasteiger partial charge in [-0.2, -0.15) is 0 Å². The molecule has 0 unspecified atom stereocenters. The summed E-state index contributed by atoms with van der Waals surface area (Å²) in [5.74, 6) is 0. The van der Waals surface area contributed by atoms with Gasteiger partial charge in [-0.15, -0.1) is 0 Å². The SMILES string of the molecule is [2H]c1c([2H])c(N(c2ccc(-c3ccc4c(c3)c3ccccc3n4-c3ccccc3)cc2)c2cc3ccccc3c3ccccc23)c([2H])c([2H])c1-c1cc2ccccc2c2ccccc12.[2H]c1c([2H])c(N(c2ccc(-n3c4ccccc4c4ccccc43)cc2)c2cc3ccccc3c3ccccc23)c([2H])c([2H])c1-c1cc2ccccc2c2ccccc12. The fourth-order valence-corrected chi connectivity index (χ4v) is 17.6. The average Bonchev–Trinajstić information content (AvgIpc) is 1.76. The van der Waals surface area contributed by atoms with E-state index in [9.17, 15) is 11.0 Å². The van der Waals surface area contributed by atoms with Crippen molar-refractivity contribution in [1.29, 1.82) is 0 Å². The summed E-state index contributed by atoms with van der Waals surface area (Å²) in [5.41, 5.74) is 13.9. The smallest absolute Gasteiger partial charge is 0.0645 e. The highest BCUT2D eigenvalue weighted by Crippen LogP contribution is 2.48. The van der Waals surface area contributed by atoms with Gasteiger partial charge >= 0.3 is 0 Å². The Balaban J connectivity index is 0.000000146. The Bertz CT molecular complexity index is 8150. The van der Waals surface area contributed by atoms with Crippen LogP contribution in [-0.4, -0.2) is 9.13 Å². The zero-order valence-electron chi connectivity index (χ0n) is 69.7. The maximum atomic E-state index is 9.84. The number of para-hydroxylation sites is 4. The van der Waals surface area contributed by atoms with Crippen molar-refractivity contribution < 1.29 is 11.0 Å². The molecule has 0 radical (unpaired) electrons. The molecule has 0 atom stereocenters. The van der Waals surface area contributed by atoms with Crippen LogP contribution in [0.4, 0.5) is 34.1 Å². The molecule has 23 aromatic rings. The molecular weight excluding hydrogens is 1380 g/mol. The fourth-order valence-electron chi connectivity index (χ4n) is 17.6. The Morgan fingerprint density at radius 2 is 0.465 bits per heavy atom. The van der Waals surface area contributed by atoms with Gasteiger partial charge in [-0.05, 0) is 236 Å². The Morgan fingerprint density at radius 1 is 0.175 bits per heavy atom. The predicted octanol–water partition coefficient (Wildman–Crippen LogP) is 30.7. The molecule has 4 heteroatoms. The van der Waals surface area contributed by atoms with E-state index < -0.39 is 0 Å². The van der Waals surface area contributed by atoms with Gasteiger partial charge in [-0.3, -0.25) is 0 Å². The lowest BCUT2D eigenvalue weighted by Crippen LogP contribution is -2.11. The predicted molar refractivity (Wildman–Crippen MR) is 487 cm³/mol. The molecule has 2 aromatic heterocycles. The zero-order valence-corrected chi connectivity index (χ0v) is 61.7. The first-order chi connectivity index (χ1) is 59.9. The van der Waals surface area contributed by atoms with Crippen molar-refractivity contribution in [2.45, 2.75) is 0 Å². The summed E-state index contributed by atoms with van der Waals surface area (Å²) in [6.45, 7) is 0. The summed E-state index contributed by atoms with van der Waals surface area (Å²) in [4.78, 5) is 3.85. The van der Waals surface area contributed by atoms with Crippen molar-refractivity contribution in [1.82, 2.24) is 9.13 Å². The molecular formula is C110H72N4. The first-order valence-electron chi connectivity index (χ1n) is 42.6. The summed E-state index contributed by atoms with van der Waals surface area (Å²) < 4.78 is 82.6. The molecule has 0 bridgehead atoms. The van der Waals surface area contributed by atoms with E-state index in [1.165, 1.54) is 16.2 Å². The molecule has 0 aliphatic carbocycles. The number of hydrogen-bond acceptors (Lipinski definition) is 2. The third-order valence-corrected chi connectivity index (χ3v) is 22.8. The lowest BCUT2D eigenvalue weighted by atomic mass is 9.93. The van der Waals surface area contributed by atoms with Gasteiger partial charge in [-0.25, -0.2) is 0 Å². The Kier molecular flexibility index (Phi) is 14.0. The minimum atomic E-state index is -0.116. The number of benzene rings is 21. The molecule has 0 fully saturated rings. The van der Waals surface area contributed by atoms with Crippen LogP contribution in [0.3, 0.4) is 0 Å². The van der Waals surface area contributed by atoms with Crippen LogP contribution in [0.1, 0.15) is 11.0 Å². The number of fused-ring (bicyclic) bond motifs is 18. The topological polar surface area (TPSA) is 16.3 Å². The van der Waals surface area contributed by atoms with Crippen molar-refractivity contribution in [2.75, 3.05) is 9.80 Å². The highest BCUT2D eigenvalue weighted by atomic mass is 15.2. The van der Waals surface area contributed by atoms with Crippen LogP contribution in [-0.2, 0) is 0 Å². The van der Waals surface area contributed by atoms with E-state index in [4.69, 9.17) is 0 Å². The molecule has 2 heterocycles. The van der Waals surface area contributed by atoms with Gasteiger partial charge in [0.25, 0.3) is 0 Å². The molecule has 0 aliphatic heterocycles. The number of rotatable bonds is 11. The molecule has 23 rings (SSSR count). The highest BCUT2D eigenvalue weighted by Gasteiger charge is 2.23. The van der Waals surface area contributed by atoms with E-state index in [0.29, 0.717) is 11.1 Å². The van der Waals surface area contributed by atoms with Crippen molar-refractivity contribution >= 4 is 164 Å². The van der Waals surface area contributed by atoms with Gasteiger partial charge in [0.2, 0.25) is 0 Å². The molecule has 0 amide bonds. The van der Waals surface area contributed by atoms with E-state index in [1.54, 1.807) is 0 Å². The quantitative estimate of drug-likeness (QED) is 0.120. The maximum Gasteiger partial charge on any atom is 0.0645 e. The normalized spacial score (nSPS) is 12.7. The third kappa shape index (κ3) is 11.1. The first-order valence-corrected chi connectivity index (χ1v) is 38.6. The van der Waals surface area contributed by atoms with E-state index in [2.05, 4.69) is 234 Å². The second kappa shape index (κ2) is 27.5. The van der Waals surface area contributed by atoms with Crippen LogP contribution in [0.2, 0.25) is 0 Å². The van der Waals surface area contributed by atoms with Crippen LogP contribution < -0.4 is 9.80 Å². The number of hydrogen-bond donors (Lipinski definition) is 0.